The Labute approximate surface area is 115 Å². The molecule has 1 aliphatic carbocycles. The number of hydrogen-bond donors (Lipinski definition) is 0. The van der Waals surface area contributed by atoms with E-state index in [0.29, 0.717) is 6.61 Å². The molecule has 108 valence electrons. The third-order valence-corrected chi connectivity index (χ3v) is 4.30. The minimum absolute atomic E-state index is 0.137. The molecule has 1 unspecified atom stereocenters. The molecule has 0 aromatic carbocycles. The van der Waals surface area contributed by atoms with E-state index < -0.39 is 0 Å². The van der Waals surface area contributed by atoms with Crippen molar-refractivity contribution in [2.24, 2.45) is 5.92 Å². The SMILES string of the molecule is CCOC(=O)C1CCCN1C(=O)C1CCCCCC1. The van der Waals surface area contributed by atoms with Crippen molar-refractivity contribution in [3.05, 3.63) is 0 Å². The summed E-state index contributed by atoms with van der Waals surface area (Å²) in [6.45, 7) is 2.92. The molecule has 1 amide bonds. The van der Waals surface area contributed by atoms with E-state index in [2.05, 4.69) is 0 Å². The average Bonchev–Trinajstić information content (AvgIpc) is 2.73. The summed E-state index contributed by atoms with van der Waals surface area (Å²) in [5.41, 5.74) is 0. The molecule has 19 heavy (non-hydrogen) atoms. The van der Waals surface area contributed by atoms with Gasteiger partial charge >= 0.3 is 5.97 Å². The van der Waals surface area contributed by atoms with Gasteiger partial charge in [-0.3, -0.25) is 4.79 Å². The van der Waals surface area contributed by atoms with E-state index in [0.717, 1.165) is 45.1 Å². The van der Waals surface area contributed by atoms with E-state index >= 15 is 0 Å². The molecule has 0 N–H and O–H groups in total. The maximum absolute atomic E-state index is 12.6. The van der Waals surface area contributed by atoms with Crippen LogP contribution in [0.1, 0.15) is 58.3 Å². The van der Waals surface area contributed by atoms with Gasteiger partial charge in [0.05, 0.1) is 6.61 Å². The predicted octanol–water partition coefficient (Wildman–Crippen LogP) is 2.51. The summed E-state index contributed by atoms with van der Waals surface area (Å²) in [6.07, 6.45) is 8.44. The van der Waals surface area contributed by atoms with Crippen LogP contribution >= 0.6 is 0 Å². The zero-order valence-corrected chi connectivity index (χ0v) is 11.9. The molecule has 4 heteroatoms. The van der Waals surface area contributed by atoms with E-state index in [1.165, 1.54) is 12.8 Å². The highest BCUT2D eigenvalue weighted by Crippen LogP contribution is 2.28. The van der Waals surface area contributed by atoms with Crippen LogP contribution in [0.4, 0.5) is 0 Å². The number of likely N-dealkylation sites (tertiary alicyclic amines) is 1. The van der Waals surface area contributed by atoms with Crippen LogP contribution in [-0.4, -0.2) is 36.0 Å². The van der Waals surface area contributed by atoms with Crippen molar-refractivity contribution >= 4 is 11.9 Å². The number of rotatable bonds is 3. The van der Waals surface area contributed by atoms with Gasteiger partial charge in [0.1, 0.15) is 6.04 Å². The van der Waals surface area contributed by atoms with E-state index in [1.807, 2.05) is 6.92 Å². The molecule has 4 nitrogen and oxygen atoms in total. The molecular weight excluding hydrogens is 242 g/mol. The molecule has 1 saturated carbocycles. The predicted molar refractivity (Wildman–Crippen MR) is 72.6 cm³/mol. The zero-order chi connectivity index (χ0) is 13.7. The Kier molecular flexibility index (Phi) is 5.23. The Hall–Kier alpha value is -1.06. The van der Waals surface area contributed by atoms with E-state index in [9.17, 15) is 9.59 Å². The van der Waals surface area contributed by atoms with Crippen LogP contribution in [0.15, 0.2) is 0 Å². The second-order valence-corrected chi connectivity index (χ2v) is 5.63. The van der Waals surface area contributed by atoms with E-state index in [-0.39, 0.29) is 23.8 Å². The highest BCUT2D eigenvalue weighted by atomic mass is 16.5. The van der Waals surface area contributed by atoms with Gasteiger partial charge in [-0.15, -0.1) is 0 Å². The number of carbonyl (C=O) groups excluding carboxylic acids is 2. The number of hydrogen-bond acceptors (Lipinski definition) is 3. The Bertz CT molecular complexity index is 321. The molecule has 0 spiro atoms. The van der Waals surface area contributed by atoms with Crippen LogP contribution in [0.5, 0.6) is 0 Å². The summed E-state index contributed by atoms with van der Waals surface area (Å²) in [6, 6.07) is -0.323. The molecule has 0 radical (unpaired) electrons. The van der Waals surface area contributed by atoms with Gasteiger partial charge < -0.3 is 9.64 Å². The molecule has 1 heterocycles. The fourth-order valence-electron chi connectivity index (χ4n) is 3.27. The summed E-state index contributed by atoms with van der Waals surface area (Å²) < 4.78 is 5.09. The zero-order valence-electron chi connectivity index (χ0n) is 11.9. The topological polar surface area (TPSA) is 46.6 Å². The van der Waals surface area contributed by atoms with Crippen LogP contribution in [0.2, 0.25) is 0 Å². The summed E-state index contributed by atoms with van der Waals surface area (Å²) in [5.74, 6) is 0.108. The van der Waals surface area contributed by atoms with E-state index in [1.54, 1.807) is 4.90 Å². The van der Waals surface area contributed by atoms with Gasteiger partial charge in [-0.2, -0.15) is 0 Å². The Morgan fingerprint density at radius 3 is 2.37 bits per heavy atom. The van der Waals surface area contributed by atoms with Crippen LogP contribution in [0.3, 0.4) is 0 Å². The van der Waals surface area contributed by atoms with E-state index in [4.69, 9.17) is 4.74 Å². The summed E-state index contributed by atoms with van der Waals surface area (Å²) in [7, 11) is 0. The summed E-state index contributed by atoms with van der Waals surface area (Å²) in [5, 5.41) is 0. The Morgan fingerprint density at radius 1 is 1.05 bits per heavy atom. The molecule has 2 aliphatic rings. The first-order valence-corrected chi connectivity index (χ1v) is 7.71. The van der Waals surface area contributed by atoms with Crippen molar-refractivity contribution in [2.45, 2.75) is 64.3 Å². The largest absolute Gasteiger partial charge is 0.464 e. The maximum atomic E-state index is 12.6. The quantitative estimate of drug-likeness (QED) is 0.583. The molecule has 2 fully saturated rings. The van der Waals surface area contributed by atoms with Gasteiger partial charge in [0, 0.05) is 12.5 Å². The second-order valence-electron chi connectivity index (χ2n) is 5.63. The lowest BCUT2D eigenvalue weighted by Crippen LogP contribution is -2.44. The summed E-state index contributed by atoms with van der Waals surface area (Å²) >= 11 is 0. The monoisotopic (exact) mass is 267 g/mol. The van der Waals surface area contributed by atoms with Crippen molar-refractivity contribution in [2.75, 3.05) is 13.2 Å². The molecule has 2 rings (SSSR count). The standard InChI is InChI=1S/C15H25NO3/c1-2-19-15(18)13-10-7-11-16(13)14(17)12-8-5-3-4-6-9-12/h12-13H,2-11H2,1H3. The first-order valence-electron chi connectivity index (χ1n) is 7.71. The third kappa shape index (κ3) is 3.48. The minimum atomic E-state index is -0.323. The smallest absolute Gasteiger partial charge is 0.328 e. The van der Waals surface area contributed by atoms with Gasteiger partial charge in [0.2, 0.25) is 5.91 Å². The van der Waals surface area contributed by atoms with Gasteiger partial charge in [0.25, 0.3) is 0 Å². The van der Waals surface area contributed by atoms with Gasteiger partial charge in [-0.05, 0) is 32.6 Å². The Morgan fingerprint density at radius 2 is 1.74 bits per heavy atom. The number of carbonyl (C=O) groups is 2. The van der Waals surface area contributed by atoms with Crippen LogP contribution in [-0.2, 0) is 14.3 Å². The first kappa shape index (κ1) is 14.4. The van der Waals surface area contributed by atoms with Crippen molar-refractivity contribution in [3.8, 4) is 0 Å². The summed E-state index contributed by atoms with van der Waals surface area (Å²) in [4.78, 5) is 26.3. The second kappa shape index (κ2) is 6.92. The van der Waals surface area contributed by atoms with Crippen molar-refractivity contribution < 1.29 is 14.3 Å². The van der Waals surface area contributed by atoms with Crippen LogP contribution in [0.25, 0.3) is 0 Å². The van der Waals surface area contributed by atoms with Crippen molar-refractivity contribution in [1.29, 1.82) is 0 Å². The fourth-order valence-corrected chi connectivity index (χ4v) is 3.27. The van der Waals surface area contributed by atoms with Crippen molar-refractivity contribution in [3.63, 3.8) is 0 Å². The first-order chi connectivity index (χ1) is 9.24. The maximum Gasteiger partial charge on any atom is 0.328 e. The van der Waals surface area contributed by atoms with Crippen LogP contribution < -0.4 is 0 Å². The third-order valence-electron chi connectivity index (χ3n) is 4.30. The lowest BCUT2D eigenvalue weighted by molar-refractivity contribution is -0.154. The van der Waals surface area contributed by atoms with Gasteiger partial charge in [-0.1, -0.05) is 25.7 Å². The molecule has 0 aromatic rings. The lowest BCUT2D eigenvalue weighted by Gasteiger charge is -2.27. The molecule has 1 aliphatic heterocycles. The number of amides is 1. The molecule has 0 bridgehead atoms. The average molecular weight is 267 g/mol. The number of nitrogens with zero attached hydrogens (tertiary/aromatic N) is 1. The normalized spacial score (nSPS) is 25.1. The molecule has 0 aromatic heterocycles. The highest BCUT2D eigenvalue weighted by molar-refractivity contribution is 5.86. The highest BCUT2D eigenvalue weighted by Gasteiger charge is 2.37. The number of esters is 1. The minimum Gasteiger partial charge on any atom is -0.464 e. The van der Waals surface area contributed by atoms with Gasteiger partial charge in [-0.25, -0.2) is 4.79 Å². The molecule has 1 atom stereocenters. The Balaban J connectivity index is 1.98. The molecular formula is C15H25NO3. The fraction of sp³-hybridized carbons (Fsp3) is 0.867. The molecule has 1 saturated heterocycles. The van der Waals surface area contributed by atoms with Crippen LogP contribution in [0, 0.1) is 5.92 Å². The number of ether oxygens (including phenoxy) is 1. The lowest BCUT2D eigenvalue weighted by atomic mass is 9.98. The van der Waals surface area contributed by atoms with Crippen molar-refractivity contribution in [1.82, 2.24) is 4.90 Å². The van der Waals surface area contributed by atoms with Gasteiger partial charge in [0.15, 0.2) is 0 Å².